The number of rotatable bonds is 0. The van der Waals surface area contributed by atoms with Crippen molar-refractivity contribution in [3.63, 3.8) is 0 Å². The number of fused-ring (bicyclic) bond motifs is 1. The number of hydrogen-bond donors (Lipinski definition) is 0. The van der Waals surface area contributed by atoms with E-state index in [1.807, 2.05) is 43.4 Å². The van der Waals surface area contributed by atoms with Gasteiger partial charge in [0.05, 0.1) is 11.3 Å². The van der Waals surface area contributed by atoms with Crippen LogP contribution in [0.25, 0.3) is 0 Å². The van der Waals surface area contributed by atoms with E-state index in [1.54, 1.807) is 0 Å². The molecule has 1 heteroatoms. The zero-order chi connectivity index (χ0) is 10.5. The molecule has 1 nitrogen and oxygen atoms in total. The van der Waals surface area contributed by atoms with Crippen LogP contribution in [-0.2, 0) is 4.79 Å². The van der Waals surface area contributed by atoms with Crippen molar-refractivity contribution in [2.45, 2.75) is 6.92 Å². The molecule has 0 radical (unpaired) electrons. The first-order valence-electron chi connectivity index (χ1n) is 5.23. The van der Waals surface area contributed by atoms with Crippen LogP contribution in [0.15, 0.2) is 59.8 Å². The predicted molar refractivity (Wildman–Crippen MR) is 60.2 cm³/mol. The summed E-state index contributed by atoms with van der Waals surface area (Å²) in [5, 5.41) is 0. The molecule has 0 amide bonds. The molecule has 0 aromatic rings. The molecule has 74 valence electrons. The average molecular weight is 196 g/mol. The van der Waals surface area contributed by atoms with E-state index in [9.17, 15) is 4.79 Å². The number of carbonyl (C=O) groups excluding carboxylic acids is 1. The molecule has 0 spiro atoms. The van der Waals surface area contributed by atoms with Crippen molar-refractivity contribution in [2.24, 2.45) is 11.3 Å². The zero-order valence-corrected chi connectivity index (χ0v) is 8.60. The monoisotopic (exact) mass is 196 g/mol. The lowest BCUT2D eigenvalue weighted by atomic mass is 9.63. The van der Waals surface area contributed by atoms with Gasteiger partial charge < -0.3 is 0 Å². The van der Waals surface area contributed by atoms with Gasteiger partial charge in [0, 0.05) is 0 Å². The molecule has 0 saturated heterocycles. The average Bonchev–Trinajstić information content (AvgIpc) is 2.41. The van der Waals surface area contributed by atoms with Crippen molar-refractivity contribution in [1.29, 1.82) is 0 Å². The molecule has 3 aliphatic rings. The zero-order valence-electron chi connectivity index (χ0n) is 8.60. The van der Waals surface area contributed by atoms with Crippen LogP contribution in [-0.4, -0.2) is 5.78 Å². The number of hydrogen-bond acceptors (Lipinski definition) is 1. The molecule has 0 unspecified atom stereocenters. The third-order valence-electron chi connectivity index (χ3n) is 3.58. The van der Waals surface area contributed by atoms with E-state index < -0.39 is 5.41 Å². The van der Waals surface area contributed by atoms with Crippen molar-refractivity contribution >= 4 is 5.78 Å². The van der Waals surface area contributed by atoms with Crippen LogP contribution in [0.4, 0.5) is 0 Å². The standard InChI is InChI=1S/C14H12O/c1-14-11-4-2-3-5-12(14)9-7-10(6-8-11)13(14)15/h2-10H,1H3. The molecule has 0 N–H and O–H groups in total. The van der Waals surface area contributed by atoms with E-state index in [1.165, 1.54) is 0 Å². The first kappa shape index (κ1) is 8.66. The van der Waals surface area contributed by atoms with E-state index in [0.29, 0.717) is 5.78 Å². The Morgan fingerprint density at radius 3 is 2.13 bits per heavy atom. The Hall–Kier alpha value is -1.63. The summed E-state index contributed by atoms with van der Waals surface area (Å²) in [6, 6.07) is 0. The third-order valence-corrected chi connectivity index (χ3v) is 3.58. The lowest BCUT2D eigenvalue weighted by Gasteiger charge is -2.38. The van der Waals surface area contributed by atoms with Crippen molar-refractivity contribution in [3.8, 4) is 0 Å². The fourth-order valence-electron chi connectivity index (χ4n) is 2.53. The van der Waals surface area contributed by atoms with Gasteiger partial charge in [-0.3, -0.25) is 4.79 Å². The fourth-order valence-corrected chi connectivity index (χ4v) is 2.53. The Labute approximate surface area is 89.2 Å². The Bertz CT molecular complexity index is 449. The Morgan fingerprint density at radius 2 is 1.60 bits per heavy atom. The smallest absolute Gasteiger partial charge is 0.158 e. The molecule has 0 heterocycles. The maximum Gasteiger partial charge on any atom is 0.158 e. The molecule has 0 aromatic heterocycles. The van der Waals surface area contributed by atoms with Gasteiger partial charge in [-0.2, -0.15) is 0 Å². The number of allylic oxidation sites excluding steroid dienone is 10. The summed E-state index contributed by atoms with van der Waals surface area (Å²) >= 11 is 0. The molecular formula is C14H12O. The first-order valence-corrected chi connectivity index (χ1v) is 5.23. The van der Waals surface area contributed by atoms with Crippen molar-refractivity contribution in [3.05, 3.63) is 59.8 Å². The summed E-state index contributed by atoms with van der Waals surface area (Å²) in [7, 11) is 0. The number of carbonyl (C=O) groups is 1. The van der Waals surface area contributed by atoms with E-state index in [4.69, 9.17) is 0 Å². The molecule has 2 bridgehead atoms. The summed E-state index contributed by atoms with van der Waals surface area (Å²) in [6.45, 7) is 2.03. The van der Waals surface area contributed by atoms with Gasteiger partial charge in [0.15, 0.2) is 5.78 Å². The van der Waals surface area contributed by atoms with Gasteiger partial charge in [0.1, 0.15) is 0 Å². The first-order chi connectivity index (χ1) is 7.23. The highest BCUT2D eigenvalue weighted by atomic mass is 16.1. The molecule has 0 aliphatic heterocycles. The van der Waals surface area contributed by atoms with Gasteiger partial charge >= 0.3 is 0 Å². The lowest BCUT2D eigenvalue weighted by molar-refractivity contribution is -0.126. The summed E-state index contributed by atoms with van der Waals surface area (Å²) in [4.78, 5) is 12.3. The largest absolute Gasteiger partial charge is 0.297 e. The second-order valence-electron chi connectivity index (χ2n) is 4.36. The second-order valence-corrected chi connectivity index (χ2v) is 4.36. The molecule has 0 atom stereocenters. The van der Waals surface area contributed by atoms with Gasteiger partial charge in [0.2, 0.25) is 0 Å². The normalized spacial score (nSPS) is 36.1. The van der Waals surface area contributed by atoms with E-state index in [2.05, 4.69) is 12.2 Å². The highest BCUT2D eigenvalue weighted by Gasteiger charge is 2.45. The van der Waals surface area contributed by atoms with Crippen molar-refractivity contribution in [1.82, 2.24) is 0 Å². The lowest BCUT2D eigenvalue weighted by Crippen LogP contribution is -2.39. The van der Waals surface area contributed by atoms with Crippen LogP contribution in [0.5, 0.6) is 0 Å². The van der Waals surface area contributed by atoms with Crippen molar-refractivity contribution in [2.75, 3.05) is 0 Å². The van der Waals surface area contributed by atoms with Gasteiger partial charge in [-0.15, -0.1) is 0 Å². The van der Waals surface area contributed by atoms with Gasteiger partial charge in [-0.25, -0.2) is 0 Å². The summed E-state index contributed by atoms with van der Waals surface area (Å²) in [6.07, 6.45) is 16.2. The minimum atomic E-state index is -0.419. The number of ketones is 1. The van der Waals surface area contributed by atoms with E-state index in [-0.39, 0.29) is 5.92 Å². The minimum Gasteiger partial charge on any atom is -0.297 e. The van der Waals surface area contributed by atoms with Crippen LogP contribution in [0.2, 0.25) is 0 Å². The summed E-state index contributed by atoms with van der Waals surface area (Å²) in [5.41, 5.74) is 1.79. The van der Waals surface area contributed by atoms with E-state index >= 15 is 0 Å². The third kappa shape index (κ3) is 0.953. The Kier molecular flexibility index (Phi) is 1.55. The van der Waals surface area contributed by atoms with Crippen LogP contribution in [0.3, 0.4) is 0 Å². The summed E-state index contributed by atoms with van der Waals surface area (Å²) < 4.78 is 0. The maximum atomic E-state index is 12.3. The van der Waals surface area contributed by atoms with Gasteiger partial charge in [0.25, 0.3) is 0 Å². The van der Waals surface area contributed by atoms with Gasteiger partial charge in [-0.1, -0.05) is 48.6 Å². The highest BCUT2D eigenvalue weighted by Crippen LogP contribution is 2.47. The Balaban J connectivity index is 2.35. The van der Waals surface area contributed by atoms with E-state index in [0.717, 1.165) is 11.1 Å². The topological polar surface area (TPSA) is 17.1 Å². The highest BCUT2D eigenvalue weighted by molar-refractivity contribution is 5.99. The predicted octanol–water partition coefficient (Wildman–Crippen LogP) is 2.74. The quantitative estimate of drug-likeness (QED) is 0.582. The van der Waals surface area contributed by atoms with Crippen LogP contribution < -0.4 is 0 Å². The fraction of sp³-hybridized carbons (Fsp3) is 0.214. The molecule has 0 aromatic carbocycles. The van der Waals surface area contributed by atoms with Crippen LogP contribution >= 0.6 is 0 Å². The van der Waals surface area contributed by atoms with Gasteiger partial charge in [-0.05, 0) is 18.1 Å². The molecule has 3 aliphatic carbocycles. The van der Waals surface area contributed by atoms with Crippen LogP contribution in [0.1, 0.15) is 6.92 Å². The molecule has 3 rings (SSSR count). The molecule has 15 heavy (non-hydrogen) atoms. The summed E-state index contributed by atoms with van der Waals surface area (Å²) in [5.74, 6) is 0.274. The minimum absolute atomic E-state index is 0.0256. The SMILES string of the molecule is CC12C(=O)C3C=CC1=CC=CC=C2C=C3. The molecule has 0 saturated carbocycles. The molecule has 0 fully saturated rings. The maximum absolute atomic E-state index is 12.3. The second kappa shape index (κ2) is 2.69. The number of Topliss-reactive ketones (excluding diaryl/α,β-unsaturated/α-hetero) is 1. The van der Waals surface area contributed by atoms with Crippen LogP contribution in [0, 0.1) is 11.3 Å². The Morgan fingerprint density at radius 1 is 1.07 bits per heavy atom. The molecular weight excluding hydrogens is 184 g/mol. The van der Waals surface area contributed by atoms with Crippen molar-refractivity contribution < 1.29 is 4.79 Å².